The van der Waals surface area contributed by atoms with Crippen LogP contribution in [0.15, 0.2) is 18.2 Å². The first kappa shape index (κ1) is 18.2. The van der Waals surface area contributed by atoms with Crippen LogP contribution in [0.3, 0.4) is 0 Å². The summed E-state index contributed by atoms with van der Waals surface area (Å²) < 4.78 is 5.51. The first-order chi connectivity index (χ1) is 12.4. The maximum Gasteiger partial charge on any atom is 0.254 e. The first-order valence-corrected chi connectivity index (χ1v) is 8.98. The summed E-state index contributed by atoms with van der Waals surface area (Å²) in [5.41, 5.74) is 1.55. The second-order valence-corrected chi connectivity index (χ2v) is 6.84. The van der Waals surface area contributed by atoms with Gasteiger partial charge in [-0.3, -0.25) is 14.4 Å². The summed E-state index contributed by atoms with van der Waals surface area (Å²) in [6.07, 6.45) is 0.252. The van der Waals surface area contributed by atoms with Crippen LogP contribution in [-0.4, -0.2) is 66.9 Å². The molecule has 0 radical (unpaired) electrons. The molecule has 3 rings (SSSR count). The lowest BCUT2D eigenvalue weighted by Crippen LogP contribution is -2.61. The number of nitrogens with zero attached hydrogens (tertiary/aromatic N) is 2. The molecule has 2 aliphatic rings. The standard InChI is InChI=1S/C19H25N3O4/c1-4-26-16-6-5-13(7-12(16)2)19(25)21-10-15(11-21)22-9-14(8-17(22)23)18(24)20-3/h5-7,14-15H,4,8-11H2,1-3H3,(H,20,24). The van der Waals surface area contributed by atoms with Crippen LogP contribution >= 0.6 is 0 Å². The van der Waals surface area contributed by atoms with E-state index in [9.17, 15) is 14.4 Å². The summed E-state index contributed by atoms with van der Waals surface area (Å²) >= 11 is 0. The second kappa shape index (κ2) is 7.35. The van der Waals surface area contributed by atoms with Crippen molar-refractivity contribution < 1.29 is 19.1 Å². The van der Waals surface area contributed by atoms with Crippen LogP contribution in [0.1, 0.15) is 29.3 Å². The van der Waals surface area contributed by atoms with Gasteiger partial charge in [0.15, 0.2) is 0 Å². The van der Waals surface area contributed by atoms with Crippen molar-refractivity contribution >= 4 is 17.7 Å². The van der Waals surface area contributed by atoms with Crippen LogP contribution in [0.2, 0.25) is 0 Å². The molecule has 1 aromatic rings. The van der Waals surface area contributed by atoms with Crippen molar-refractivity contribution in [3.8, 4) is 5.75 Å². The van der Waals surface area contributed by atoms with Crippen molar-refractivity contribution in [1.29, 1.82) is 0 Å². The Hall–Kier alpha value is -2.57. The first-order valence-electron chi connectivity index (χ1n) is 8.98. The molecular weight excluding hydrogens is 334 g/mol. The number of rotatable bonds is 5. The number of benzene rings is 1. The van der Waals surface area contributed by atoms with E-state index in [0.29, 0.717) is 31.8 Å². The summed E-state index contributed by atoms with van der Waals surface area (Å²) in [7, 11) is 1.58. The minimum atomic E-state index is -0.286. The van der Waals surface area contributed by atoms with Crippen molar-refractivity contribution in [2.75, 3.05) is 33.3 Å². The summed E-state index contributed by atoms with van der Waals surface area (Å²) in [6.45, 7) is 5.89. The molecule has 1 N–H and O–H groups in total. The van der Waals surface area contributed by atoms with Gasteiger partial charge in [-0.2, -0.15) is 0 Å². The largest absolute Gasteiger partial charge is 0.494 e. The summed E-state index contributed by atoms with van der Waals surface area (Å²) in [6, 6.07) is 5.44. The smallest absolute Gasteiger partial charge is 0.254 e. The Bertz CT molecular complexity index is 727. The number of aryl methyl sites for hydroxylation is 1. The van der Waals surface area contributed by atoms with Gasteiger partial charge in [0.2, 0.25) is 11.8 Å². The minimum absolute atomic E-state index is 0.00454. The SMILES string of the molecule is CCOc1ccc(C(=O)N2CC(N3CC(C(=O)NC)CC3=O)C2)cc1C. The Morgan fingerprint density at radius 2 is 2.00 bits per heavy atom. The Morgan fingerprint density at radius 3 is 2.62 bits per heavy atom. The molecule has 1 unspecified atom stereocenters. The second-order valence-electron chi connectivity index (χ2n) is 6.84. The molecule has 2 aliphatic heterocycles. The third-order valence-electron chi connectivity index (χ3n) is 5.09. The molecule has 1 aromatic carbocycles. The van der Waals surface area contributed by atoms with E-state index in [2.05, 4.69) is 5.32 Å². The zero-order valence-corrected chi connectivity index (χ0v) is 15.4. The molecule has 2 saturated heterocycles. The molecule has 2 fully saturated rings. The van der Waals surface area contributed by atoms with Gasteiger partial charge in [0, 0.05) is 38.7 Å². The number of amides is 3. The van der Waals surface area contributed by atoms with Gasteiger partial charge < -0.3 is 19.9 Å². The van der Waals surface area contributed by atoms with Gasteiger partial charge in [0.1, 0.15) is 5.75 Å². The fraction of sp³-hybridized carbons (Fsp3) is 0.526. The highest BCUT2D eigenvalue weighted by molar-refractivity contribution is 5.95. The van der Waals surface area contributed by atoms with E-state index in [1.165, 1.54) is 0 Å². The summed E-state index contributed by atoms with van der Waals surface area (Å²) in [5.74, 6) is 0.354. The Morgan fingerprint density at radius 1 is 1.27 bits per heavy atom. The average Bonchev–Trinajstić information content (AvgIpc) is 2.96. The fourth-order valence-electron chi connectivity index (χ4n) is 3.56. The van der Waals surface area contributed by atoms with Gasteiger partial charge in [0.05, 0.1) is 18.6 Å². The third-order valence-corrected chi connectivity index (χ3v) is 5.09. The van der Waals surface area contributed by atoms with E-state index in [1.807, 2.05) is 26.0 Å². The Labute approximate surface area is 153 Å². The monoisotopic (exact) mass is 359 g/mol. The average molecular weight is 359 g/mol. The fourth-order valence-corrected chi connectivity index (χ4v) is 3.56. The van der Waals surface area contributed by atoms with Crippen molar-refractivity contribution in [2.24, 2.45) is 5.92 Å². The van der Waals surface area contributed by atoms with Crippen LogP contribution in [0, 0.1) is 12.8 Å². The molecule has 7 nitrogen and oxygen atoms in total. The lowest BCUT2D eigenvalue weighted by molar-refractivity contribution is -0.132. The maximum atomic E-state index is 12.6. The highest BCUT2D eigenvalue weighted by Gasteiger charge is 2.43. The molecule has 26 heavy (non-hydrogen) atoms. The lowest BCUT2D eigenvalue weighted by atomic mass is 10.0. The van der Waals surface area contributed by atoms with Crippen LogP contribution in [0.5, 0.6) is 5.75 Å². The molecule has 1 atom stereocenters. The normalized spacial score (nSPS) is 20.1. The number of hydrogen-bond acceptors (Lipinski definition) is 4. The summed E-state index contributed by atoms with van der Waals surface area (Å²) in [4.78, 5) is 40.0. The number of nitrogens with one attached hydrogen (secondary N) is 1. The molecule has 0 bridgehead atoms. The van der Waals surface area contributed by atoms with Crippen molar-refractivity contribution in [1.82, 2.24) is 15.1 Å². The van der Waals surface area contributed by atoms with Gasteiger partial charge >= 0.3 is 0 Å². The molecule has 2 heterocycles. The van der Waals surface area contributed by atoms with E-state index < -0.39 is 0 Å². The molecular formula is C19H25N3O4. The highest BCUT2D eigenvalue weighted by Crippen LogP contribution is 2.27. The van der Waals surface area contributed by atoms with Gasteiger partial charge in [-0.15, -0.1) is 0 Å². The van der Waals surface area contributed by atoms with Crippen LogP contribution < -0.4 is 10.1 Å². The molecule has 0 aliphatic carbocycles. The number of hydrogen-bond donors (Lipinski definition) is 1. The third kappa shape index (κ3) is 3.38. The van der Waals surface area contributed by atoms with E-state index in [4.69, 9.17) is 4.74 Å². The van der Waals surface area contributed by atoms with Crippen molar-refractivity contribution in [3.05, 3.63) is 29.3 Å². The van der Waals surface area contributed by atoms with E-state index in [1.54, 1.807) is 22.9 Å². The number of carbonyl (C=O) groups excluding carboxylic acids is 3. The quantitative estimate of drug-likeness (QED) is 0.844. The molecule has 140 valence electrons. The van der Waals surface area contributed by atoms with Crippen LogP contribution in [-0.2, 0) is 9.59 Å². The predicted octanol–water partition coefficient (Wildman–Crippen LogP) is 0.813. The van der Waals surface area contributed by atoms with Gasteiger partial charge in [0.25, 0.3) is 5.91 Å². The molecule has 0 saturated carbocycles. The predicted molar refractivity (Wildman–Crippen MR) is 95.9 cm³/mol. The van der Waals surface area contributed by atoms with E-state index in [-0.39, 0.29) is 36.1 Å². The van der Waals surface area contributed by atoms with Crippen LogP contribution in [0.4, 0.5) is 0 Å². The number of carbonyl (C=O) groups is 3. The molecule has 7 heteroatoms. The van der Waals surface area contributed by atoms with Crippen molar-refractivity contribution in [2.45, 2.75) is 26.3 Å². The number of ether oxygens (including phenoxy) is 1. The zero-order valence-electron chi connectivity index (χ0n) is 15.4. The number of likely N-dealkylation sites (tertiary alicyclic amines) is 2. The minimum Gasteiger partial charge on any atom is -0.494 e. The van der Waals surface area contributed by atoms with Gasteiger partial charge in [-0.1, -0.05) is 0 Å². The van der Waals surface area contributed by atoms with E-state index >= 15 is 0 Å². The van der Waals surface area contributed by atoms with Gasteiger partial charge in [-0.25, -0.2) is 0 Å². The lowest BCUT2D eigenvalue weighted by Gasteiger charge is -2.44. The Kier molecular flexibility index (Phi) is 5.15. The molecule has 0 spiro atoms. The molecule has 3 amide bonds. The van der Waals surface area contributed by atoms with Crippen molar-refractivity contribution in [3.63, 3.8) is 0 Å². The molecule has 0 aromatic heterocycles. The highest BCUT2D eigenvalue weighted by atomic mass is 16.5. The van der Waals surface area contributed by atoms with E-state index in [0.717, 1.165) is 11.3 Å². The summed E-state index contributed by atoms with van der Waals surface area (Å²) in [5, 5.41) is 2.60. The topological polar surface area (TPSA) is 79.0 Å². The zero-order chi connectivity index (χ0) is 18.8. The maximum absolute atomic E-state index is 12.6. The van der Waals surface area contributed by atoms with Gasteiger partial charge in [-0.05, 0) is 37.6 Å². The van der Waals surface area contributed by atoms with Crippen LogP contribution in [0.25, 0.3) is 0 Å². The Balaban J connectivity index is 1.58.